The Hall–Kier alpha value is -1.87. The molecule has 0 saturated carbocycles. The molecule has 2 nitrogen and oxygen atoms in total. The summed E-state index contributed by atoms with van der Waals surface area (Å²) in [6, 6.07) is 11.2. The number of hydrogen-bond acceptors (Lipinski definition) is 2. The van der Waals surface area contributed by atoms with Gasteiger partial charge in [0.05, 0.1) is 13.2 Å². The minimum atomic E-state index is -0.182. The van der Waals surface area contributed by atoms with Crippen LogP contribution in [0.4, 0.5) is 4.39 Å². The van der Waals surface area contributed by atoms with Gasteiger partial charge in [-0.15, -0.1) is 0 Å². The molecule has 2 aromatic rings. The molecule has 1 unspecified atom stereocenters. The Labute approximate surface area is 126 Å². The second-order valence-corrected chi connectivity index (χ2v) is 5.22. The Bertz CT molecular complexity index is 584. The molecular formula is C18H22FNO. The average molecular weight is 287 g/mol. The van der Waals surface area contributed by atoms with Crippen molar-refractivity contribution in [3.8, 4) is 5.75 Å². The maximum Gasteiger partial charge on any atom is 0.123 e. The Morgan fingerprint density at radius 3 is 2.14 bits per heavy atom. The third-order valence-electron chi connectivity index (χ3n) is 3.70. The van der Waals surface area contributed by atoms with Gasteiger partial charge in [-0.05, 0) is 66.9 Å². The van der Waals surface area contributed by atoms with Crippen LogP contribution in [0.25, 0.3) is 0 Å². The van der Waals surface area contributed by atoms with Gasteiger partial charge in [-0.2, -0.15) is 0 Å². The highest BCUT2D eigenvalue weighted by Gasteiger charge is 2.18. The van der Waals surface area contributed by atoms with E-state index in [4.69, 9.17) is 4.74 Å². The molecule has 3 heteroatoms. The van der Waals surface area contributed by atoms with Gasteiger partial charge in [-0.1, -0.05) is 19.1 Å². The van der Waals surface area contributed by atoms with E-state index in [0.29, 0.717) is 0 Å². The van der Waals surface area contributed by atoms with Crippen molar-refractivity contribution >= 4 is 0 Å². The van der Waals surface area contributed by atoms with Gasteiger partial charge < -0.3 is 10.1 Å². The largest absolute Gasteiger partial charge is 0.497 e. The average Bonchev–Trinajstić information content (AvgIpc) is 2.45. The molecule has 1 atom stereocenters. The zero-order valence-corrected chi connectivity index (χ0v) is 13.0. The summed E-state index contributed by atoms with van der Waals surface area (Å²) in [5.41, 5.74) is 4.22. The van der Waals surface area contributed by atoms with Crippen molar-refractivity contribution in [2.24, 2.45) is 0 Å². The van der Waals surface area contributed by atoms with Crippen LogP contribution in [-0.4, -0.2) is 13.7 Å². The Balaban J connectivity index is 2.47. The molecule has 112 valence electrons. The molecule has 0 fully saturated rings. The molecule has 0 aliphatic carbocycles. The molecule has 2 rings (SSSR count). The molecule has 0 bridgehead atoms. The normalized spacial score (nSPS) is 12.2. The van der Waals surface area contributed by atoms with E-state index in [1.54, 1.807) is 19.2 Å². The summed E-state index contributed by atoms with van der Waals surface area (Å²) in [7, 11) is 1.66. The maximum atomic E-state index is 13.5. The first-order valence-electron chi connectivity index (χ1n) is 7.20. The number of ether oxygens (including phenoxy) is 1. The van der Waals surface area contributed by atoms with Crippen LogP contribution in [0.1, 0.15) is 35.2 Å². The van der Waals surface area contributed by atoms with Gasteiger partial charge >= 0.3 is 0 Å². The molecule has 1 N–H and O–H groups in total. The van der Waals surface area contributed by atoms with Crippen LogP contribution >= 0.6 is 0 Å². The lowest BCUT2D eigenvalue weighted by atomic mass is 9.91. The van der Waals surface area contributed by atoms with E-state index >= 15 is 0 Å². The first-order valence-corrected chi connectivity index (χ1v) is 7.20. The SMILES string of the molecule is CCNC(c1ccc(OC)cc1)c1c(C)cc(F)cc1C. The predicted octanol–water partition coefficient (Wildman–Crippen LogP) is 4.15. The fourth-order valence-electron chi connectivity index (χ4n) is 2.76. The number of benzene rings is 2. The number of hydrogen-bond donors (Lipinski definition) is 1. The van der Waals surface area contributed by atoms with Crippen LogP contribution in [0.15, 0.2) is 36.4 Å². The first-order chi connectivity index (χ1) is 10.1. The van der Waals surface area contributed by atoms with E-state index in [-0.39, 0.29) is 11.9 Å². The van der Waals surface area contributed by atoms with Gasteiger partial charge in [0.2, 0.25) is 0 Å². The van der Waals surface area contributed by atoms with Gasteiger partial charge in [0, 0.05) is 0 Å². The number of halogens is 1. The second-order valence-electron chi connectivity index (χ2n) is 5.22. The van der Waals surface area contributed by atoms with Gasteiger partial charge in [0.25, 0.3) is 0 Å². The summed E-state index contributed by atoms with van der Waals surface area (Å²) in [4.78, 5) is 0. The lowest BCUT2D eigenvalue weighted by molar-refractivity contribution is 0.414. The van der Waals surface area contributed by atoms with E-state index in [9.17, 15) is 4.39 Å². The van der Waals surface area contributed by atoms with Crippen molar-refractivity contribution in [1.29, 1.82) is 0 Å². The molecule has 2 aromatic carbocycles. The molecule has 0 saturated heterocycles. The molecule has 0 heterocycles. The van der Waals surface area contributed by atoms with Gasteiger partial charge in [-0.25, -0.2) is 4.39 Å². The summed E-state index contributed by atoms with van der Waals surface area (Å²) < 4.78 is 18.7. The molecule has 0 amide bonds. The minimum absolute atomic E-state index is 0.0570. The van der Waals surface area contributed by atoms with E-state index in [1.807, 2.05) is 38.1 Å². The zero-order valence-electron chi connectivity index (χ0n) is 13.0. The summed E-state index contributed by atoms with van der Waals surface area (Å²) in [6.07, 6.45) is 0. The number of methoxy groups -OCH3 is 1. The van der Waals surface area contributed by atoms with E-state index in [2.05, 4.69) is 12.2 Å². The third kappa shape index (κ3) is 3.42. The van der Waals surface area contributed by atoms with Crippen molar-refractivity contribution in [2.45, 2.75) is 26.8 Å². The monoisotopic (exact) mass is 287 g/mol. The van der Waals surface area contributed by atoms with Crippen LogP contribution in [0.5, 0.6) is 5.75 Å². The highest BCUT2D eigenvalue weighted by Crippen LogP contribution is 2.29. The van der Waals surface area contributed by atoms with Crippen molar-refractivity contribution in [1.82, 2.24) is 5.32 Å². The highest BCUT2D eigenvalue weighted by atomic mass is 19.1. The summed E-state index contributed by atoms with van der Waals surface area (Å²) in [6.45, 7) is 6.83. The lowest BCUT2D eigenvalue weighted by Crippen LogP contribution is -2.23. The van der Waals surface area contributed by atoms with E-state index in [0.717, 1.165) is 34.5 Å². The second kappa shape index (κ2) is 6.72. The first kappa shape index (κ1) is 15.5. The van der Waals surface area contributed by atoms with Crippen LogP contribution in [0, 0.1) is 19.7 Å². The highest BCUT2D eigenvalue weighted by molar-refractivity contribution is 5.43. The third-order valence-corrected chi connectivity index (χ3v) is 3.70. The maximum absolute atomic E-state index is 13.5. The zero-order chi connectivity index (χ0) is 15.4. The van der Waals surface area contributed by atoms with Gasteiger partial charge in [-0.3, -0.25) is 0 Å². The molecule has 0 aromatic heterocycles. The van der Waals surface area contributed by atoms with Gasteiger partial charge in [0.1, 0.15) is 11.6 Å². The smallest absolute Gasteiger partial charge is 0.123 e. The fraction of sp³-hybridized carbons (Fsp3) is 0.333. The standard InChI is InChI=1S/C18H22FNO/c1-5-20-18(14-6-8-16(21-4)9-7-14)17-12(2)10-15(19)11-13(17)3/h6-11,18,20H,5H2,1-4H3. The topological polar surface area (TPSA) is 21.3 Å². The van der Waals surface area contributed by atoms with Crippen molar-refractivity contribution in [2.75, 3.05) is 13.7 Å². The summed E-state index contributed by atoms with van der Waals surface area (Å²) >= 11 is 0. The van der Waals surface area contributed by atoms with E-state index < -0.39 is 0 Å². The number of nitrogens with one attached hydrogen (secondary N) is 1. The lowest BCUT2D eigenvalue weighted by Gasteiger charge is -2.23. The van der Waals surface area contributed by atoms with Crippen LogP contribution in [0.2, 0.25) is 0 Å². The van der Waals surface area contributed by atoms with E-state index in [1.165, 1.54) is 0 Å². The van der Waals surface area contributed by atoms with Crippen LogP contribution in [-0.2, 0) is 0 Å². The quantitative estimate of drug-likeness (QED) is 0.892. The minimum Gasteiger partial charge on any atom is -0.497 e. The van der Waals surface area contributed by atoms with Crippen molar-refractivity contribution < 1.29 is 9.13 Å². The van der Waals surface area contributed by atoms with Gasteiger partial charge in [0.15, 0.2) is 0 Å². The Morgan fingerprint density at radius 1 is 1.10 bits per heavy atom. The van der Waals surface area contributed by atoms with Crippen LogP contribution in [0.3, 0.4) is 0 Å². The van der Waals surface area contributed by atoms with Crippen molar-refractivity contribution in [3.05, 3.63) is 64.5 Å². The van der Waals surface area contributed by atoms with Crippen LogP contribution < -0.4 is 10.1 Å². The van der Waals surface area contributed by atoms with Crippen molar-refractivity contribution in [3.63, 3.8) is 0 Å². The number of aryl methyl sites for hydroxylation is 2. The molecule has 0 aliphatic heterocycles. The molecule has 0 aliphatic rings. The Kier molecular flexibility index (Phi) is 4.97. The molecular weight excluding hydrogens is 265 g/mol. The predicted molar refractivity (Wildman–Crippen MR) is 84.4 cm³/mol. The Morgan fingerprint density at radius 2 is 1.67 bits per heavy atom. The molecule has 0 spiro atoms. The fourth-order valence-corrected chi connectivity index (χ4v) is 2.76. The summed E-state index contributed by atoms with van der Waals surface area (Å²) in [5.74, 6) is 0.653. The summed E-state index contributed by atoms with van der Waals surface area (Å²) in [5, 5.41) is 3.49. The number of rotatable bonds is 5. The molecule has 21 heavy (non-hydrogen) atoms. The molecule has 0 radical (unpaired) electrons.